The molecule has 1 aromatic carbocycles. The zero-order chi connectivity index (χ0) is 17.0. The topological polar surface area (TPSA) is 139 Å². The number of para-hydroxylation sites is 2. The Hall–Kier alpha value is -2.62. The van der Waals surface area contributed by atoms with Crippen molar-refractivity contribution in [1.29, 1.82) is 0 Å². The van der Waals surface area contributed by atoms with Crippen LogP contribution < -0.4 is 10.6 Å². The van der Waals surface area contributed by atoms with E-state index in [-0.39, 0.29) is 23.5 Å². The van der Waals surface area contributed by atoms with Crippen molar-refractivity contribution in [2.24, 2.45) is 0 Å². The van der Waals surface area contributed by atoms with Crippen molar-refractivity contribution in [2.45, 2.75) is 17.7 Å². The summed E-state index contributed by atoms with van der Waals surface area (Å²) in [4.78, 5) is 44.8. The van der Waals surface area contributed by atoms with E-state index in [0.717, 1.165) is 11.8 Å². The summed E-state index contributed by atoms with van der Waals surface area (Å²) in [5.74, 6) is -2.06. The van der Waals surface area contributed by atoms with Gasteiger partial charge in [0.05, 0.1) is 10.2 Å². The van der Waals surface area contributed by atoms with E-state index in [4.69, 9.17) is 5.11 Å². The minimum absolute atomic E-state index is 0.0483. The van der Waals surface area contributed by atoms with Crippen molar-refractivity contribution in [3.8, 4) is 0 Å². The number of carbonyl (C=O) groups is 3. The normalized spacial score (nSPS) is 20.4. The number of rotatable bonds is 5. The molecule has 0 radical (unpaired) electrons. The molecule has 10 heteroatoms. The summed E-state index contributed by atoms with van der Waals surface area (Å²) in [5.41, 5.74) is -0.195. The molecule has 0 spiro atoms. The van der Waals surface area contributed by atoms with Crippen LogP contribution in [0.4, 0.5) is 11.4 Å². The highest BCUT2D eigenvalue weighted by Crippen LogP contribution is 2.25. The Bertz CT molecular complexity index is 665. The monoisotopic (exact) mass is 339 g/mol. The molecule has 0 saturated carbocycles. The van der Waals surface area contributed by atoms with Gasteiger partial charge in [0.25, 0.3) is 5.69 Å². The zero-order valence-electron chi connectivity index (χ0n) is 11.7. The number of thioether (sulfide) groups is 1. The van der Waals surface area contributed by atoms with E-state index in [2.05, 4.69) is 10.6 Å². The second-order valence-electron chi connectivity index (χ2n) is 4.75. The minimum atomic E-state index is -1.13. The minimum Gasteiger partial charge on any atom is -0.480 e. The van der Waals surface area contributed by atoms with E-state index in [1.54, 1.807) is 6.07 Å². The van der Waals surface area contributed by atoms with Gasteiger partial charge < -0.3 is 15.7 Å². The predicted molar refractivity (Wildman–Crippen MR) is 82.2 cm³/mol. The molecule has 3 N–H and O–H groups in total. The second-order valence-corrected chi connectivity index (χ2v) is 5.98. The van der Waals surface area contributed by atoms with E-state index in [9.17, 15) is 24.5 Å². The number of amides is 2. The summed E-state index contributed by atoms with van der Waals surface area (Å²) in [6.45, 7) is 0. The predicted octanol–water partition coefficient (Wildman–Crippen LogP) is 0.608. The second kappa shape index (κ2) is 7.09. The van der Waals surface area contributed by atoms with Crippen LogP contribution in [0.3, 0.4) is 0 Å². The van der Waals surface area contributed by atoms with Crippen LogP contribution in [0.25, 0.3) is 0 Å². The van der Waals surface area contributed by atoms with Crippen molar-refractivity contribution in [3.05, 3.63) is 34.4 Å². The lowest BCUT2D eigenvalue weighted by molar-refractivity contribution is -0.383. The molecule has 1 aromatic rings. The van der Waals surface area contributed by atoms with Crippen molar-refractivity contribution in [2.75, 3.05) is 11.1 Å². The van der Waals surface area contributed by atoms with Crippen LogP contribution in [0, 0.1) is 10.1 Å². The van der Waals surface area contributed by atoms with E-state index in [1.807, 2.05) is 0 Å². The third-order valence-electron chi connectivity index (χ3n) is 3.12. The van der Waals surface area contributed by atoms with Crippen LogP contribution in [0.1, 0.15) is 6.42 Å². The molecule has 2 atom stereocenters. The van der Waals surface area contributed by atoms with Gasteiger partial charge in [0, 0.05) is 18.2 Å². The molecule has 1 aliphatic rings. The van der Waals surface area contributed by atoms with Crippen LogP contribution in [0.5, 0.6) is 0 Å². The van der Waals surface area contributed by atoms with Gasteiger partial charge >= 0.3 is 5.97 Å². The molecule has 1 saturated heterocycles. The average molecular weight is 339 g/mol. The molecule has 1 aliphatic heterocycles. The summed E-state index contributed by atoms with van der Waals surface area (Å²) in [6.07, 6.45) is -0.200. The van der Waals surface area contributed by atoms with Gasteiger partial charge in [-0.15, -0.1) is 11.8 Å². The van der Waals surface area contributed by atoms with Crippen molar-refractivity contribution < 1.29 is 24.4 Å². The number of anilines is 1. The first-order valence-electron chi connectivity index (χ1n) is 6.56. The lowest BCUT2D eigenvalue weighted by Crippen LogP contribution is -2.51. The van der Waals surface area contributed by atoms with Gasteiger partial charge in [0.15, 0.2) is 0 Å². The van der Waals surface area contributed by atoms with Crippen molar-refractivity contribution in [3.63, 3.8) is 0 Å². The van der Waals surface area contributed by atoms with Gasteiger partial charge in [-0.2, -0.15) is 0 Å². The highest BCUT2D eigenvalue weighted by molar-refractivity contribution is 8.00. The van der Waals surface area contributed by atoms with Crippen LogP contribution in [0.15, 0.2) is 24.3 Å². The molecule has 2 rings (SSSR count). The fraction of sp³-hybridized carbons (Fsp3) is 0.308. The first-order valence-corrected chi connectivity index (χ1v) is 7.61. The highest BCUT2D eigenvalue weighted by atomic mass is 32.2. The number of carbonyl (C=O) groups excluding carboxylic acids is 2. The third kappa shape index (κ3) is 4.19. The number of hydrogen-bond donors (Lipinski definition) is 3. The van der Waals surface area contributed by atoms with Gasteiger partial charge in [-0.3, -0.25) is 19.7 Å². The molecule has 0 unspecified atom stereocenters. The number of hydrogen-bond acceptors (Lipinski definition) is 6. The number of aliphatic carboxylic acids is 1. The molecule has 0 aliphatic carbocycles. The van der Waals surface area contributed by atoms with E-state index in [0.29, 0.717) is 0 Å². The number of nitrogens with zero attached hydrogens (tertiary/aromatic N) is 1. The maximum absolute atomic E-state index is 12.0. The first-order chi connectivity index (χ1) is 10.9. The number of carboxylic acid groups (broad SMARTS) is 1. The quantitative estimate of drug-likeness (QED) is 0.527. The Morgan fingerprint density at radius 2 is 2.13 bits per heavy atom. The fourth-order valence-electron chi connectivity index (χ4n) is 1.99. The van der Waals surface area contributed by atoms with E-state index >= 15 is 0 Å². The zero-order valence-corrected chi connectivity index (χ0v) is 12.5. The number of carboxylic acids is 1. The molecule has 0 bridgehead atoms. The Morgan fingerprint density at radius 3 is 2.74 bits per heavy atom. The summed E-state index contributed by atoms with van der Waals surface area (Å²) in [6, 6.07) is 4.70. The molecule has 23 heavy (non-hydrogen) atoms. The largest absolute Gasteiger partial charge is 0.480 e. The van der Waals surface area contributed by atoms with Crippen LogP contribution in [-0.2, 0) is 14.4 Å². The fourth-order valence-corrected chi connectivity index (χ4v) is 3.13. The van der Waals surface area contributed by atoms with Crippen LogP contribution in [-0.4, -0.2) is 44.9 Å². The molecule has 1 fully saturated rings. The Balaban J connectivity index is 1.97. The van der Waals surface area contributed by atoms with Crippen LogP contribution >= 0.6 is 11.8 Å². The van der Waals surface area contributed by atoms with E-state index < -0.39 is 34.0 Å². The molecule has 122 valence electrons. The van der Waals surface area contributed by atoms with Gasteiger partial charge in [-0.1, -0.05) is 12.1 Å². The third-order valence-corrected chi connectivity index (χ3v) is 4.43. The maximum Gasteiger partial charge on any atom is 0.327 e. The summed E-state index contributed by atoms with van der Waals surface area (Å²) in [7, 11) is 0. The standard InChI is InChI=1S/C13H13N3O6S/c17-11(14-7-3-1-2-4-9(7)16(21)22)5-10-12(18)15-8(6-23-10)13(19)20/h1-4,8,10H,5-6H2,(H,14,17)(H,15,18)(H,19,20)/t8-,10+/m0/s1. The first kappa shape index (κ1) is 16.7. The van der Waals surface area contributed by atoms with Gasteiger partial charge in [0.2, 0.25) is 11.8 Å². The number of nitro benzene ring substituents is 1. The van der Waals surface area contributed by atoms with Gasteiger partial charge in [0.1, 0.15) is 11.7 Å². The number of nitrogens with one attached hydrogen (secondary N) is 2. The summed E-state index contributed by atoms with van der Waals surface area (Å²) < 4.78 is 0. The molecule has 9 nitrogen and oxygen atoms in total. The summed E-state index contributed by atoms with van der Waals surface area (Å²) in [5, 5.41) is 23.7. The van der Waals surface area contributed by atoms with Gasteiger partial charge in [-0.05, 0) is 6.07 Å². The van der Waals surface area contributed by atoms with Crippen molar-refractivity contribution >= 4 is 40.9 Å². The number of benzene rings is 1. The van der Waals surface area contributed by atoms with Crippen molar-refractivity contribution in [1.82, 2.24) is 5.32 Å². The molecule has 0 aromatic heterocycles. The maximum atomic E-state index is 12.0. The smallest absolute Gasteiger partial charge is 0.327 e. The molecular formula is C13H13N3O6S. The summed E-state index contributed by atoms with van der Waals surface area (Å²) >= 11 is 1.07. The van der Waals surface area contributed by atoms with Gasteiger partial charge in [-0.25, -0.2) is 4.79 Å². The molecule has 1 heterocycles. The molecule has 2 amide bonds. The molecular weight excluding hydrogens is 326 g/mol. The highest BCUT2D eigenvalue weighted by Gasteiger charge is 2.33. The lowest BCUT2D eigenvalue weighted by atomic mass is 10.2. The number of nitro groups is 1. The Morgan fingerprint density at radius 1 is 1.43 bits per heavy atom. The lowest BCUT2D eigenvalue weighted by Gasteiger charge is -2.25. The Labute approximate surface area is 134 Å². The average Bonchev–Trinajstić information content (AvgIpc) is 2.49. The SMILES string of the molecule is O=C(C[C@H]1SC[C@@H](C(=O)O)NC1=O)Nc1ccccc1[N+](=O)[O-]. The van der Waals surface area contributed by atoms with Crippen LogP contribution in [0.2, 0.25) is 0 Å². The Kier molecular flexibility index (Phi) is 5.16. The van der Waals surface area contributed by atoms with E-state index in [1.165, 1.54) is 18.2 Å².